The highest BCUT2D eigenvalue weighted by molar-refractivity contribution is 9.11. The molecule has 146 valence electrons. The van der Waals surface area contributed by atoms with Crippen LogP contribution in [0.1, 0.15) is 65.2 Å². The van der Waals surface area contributed by atoms with Gasteiger partial charge in [0, 0.05) is 9.79 Å². The molecule has 0 aromatic carbocycles. The highest BCUT2D eigenvalue weighted by Crippen LogP contribution is 2.49. The predicted molar refractivity (Wildman–Crippen MR) is 133 cm³/mol. The zero-order valence-electron chi connectivity index (χ0n) is 15.6. The van der Waals surface area contributed by atoms with E-state index in [1.54, 1.807) is 0 Å². The van der Waals surface area contributed by atoms with Crippen LogP contribution in [0.15, 0.2) is 29.5 Å². The first kappa shape index (κ1) is 23.3. The Balaban J connectivity index is 2.03. The summed E-state index contributed by atoms with van der Waals surface area (Å²) in [7, 11) is 0. The molecule has 0 unspecified atom stereocenters. The van der Waals surface area contributed by atoms with E-state index in [1.165, 1.54) is 90.0 Å². The highest BCUT2D eigenvalue weighted by atomic mass is 79.9. The molecular weight excluding hydrogens is 528 g/mol. The van der Waals surface area contributed by atoms with Crippen LogP contribution >= 0.6 is 78.1 Å². The third kappa shape index (κ3) is 7.82. The van der Waals surface area contributed by atoms with Crippen LogP contribution in [0.25, 0.3) is 9.75 Å². The predicted octanol–water partition coefficient (Wildman–Crippen LogP) is 10.3. The van der Waals surface area contributed by atoms with Crippen LogP contribution in [0.3, 0.4) is 0 Å². The molecular formula is C20H28Br2S4. The summed E-state index contributed by atoms with van der Waals surface area (Å²) >= 11 is 15.3. The quantitative estimate of drug-likeness (QED) is 0.178. The van der Waals surface area contributed by atoms with Crippen LogP contribution < -0.4 is 0 Å². The van der Waals surface area contributed by atoms with Crippen molar-refractivity contribution in [1.29, 1.82) is 0 Å². The molecule has 0 nitrogen and oxygen atoms in total. The molecule has 0 bridgehead atoms. The average Bonchev–Trinajstić information content (AvgIpc) is 3.16. The highest BCUT2D eigenvalue weighted by Gasteiger charge is 2.17. The molecule has 0 aliphatic carbocycles. The van der Waals surface area contributed by atoms with Crippen molar-refractivity contribution in [2.45, 2.75) is 75.0 Å². The number of hydrogen-bond acceptors (Lipinski definition) is 4. The molecule has 6 heteroatoms. The van der Waals surface area contributed by atoms with E-state index in [-0.39, 0.29) is 0 Å². The largest absolute Gasteiger partial charge is 0.126 e. The van der Waals surface area contributed by atoms with Crippen molar-refractivity contribution in [3.05, 3.63) is 19.7 Å². The molecule has 0 radical (unpaired) electrons. The lowest BCUT2D eigenvalue weighted by Gasteiger charge is -2.06. The maximum absolute atomic E-state index is 3.72. The van der Waals surface area contributed by atoms with Crippen LogP contribution in [-0.4, -0.2) is 11.5 Å². The fraction of sp³-hybridized carbons (Fsp3) is 0.600. The van der Waals surface area contributed by atoms with E-state index in [0.717, 1.165) is 0 Å². The summed E-state index contributed by atoms with van der Waals surface area (Å²) in [5.74, 6) is 2.45. The standard InChI is InChI=1S/C20H28Br2S4/c1-3-5-7-9-11-23-15-13-17(21)25-19(15)20-16(14-18(22)26-20)24-12-10-8-6-4-2/h13-14H,3-12H2,1-2H3. The van der Waals surface area contributed by atoms with Crippen LogP contribution in [0.2, 0.25) is 0 Å². The second-order valence-corrected chi connectivity index (χ2v) is 13.4. The van der Waals surface area contributed by atoms with E-state index in [0.29, 0.717) is 0 Å². The second kappa shape index (κ2) is 13.3. The maximum atomic E-state index is 3.72. The molecule has 0 fully saturated rings. The molecule has 2 rings (SSSR count). The number of thioether (sulfide) groups is 2. The SMILES string of the molecule is CCCCCCSc1cc(Br)sc1-c1sc(Br)cc1SCCCCCC. The van der Waals surface area contributed by atoms with Crippen LogP contribution in [0, 0.1) is 0 Å². The Morgan fingerprint density at radius 3 is 1.50 bits per heavy atom. The molecule has 0 aliphatic rings. The molecule has 0 saturated heterocycles. The summed E-state index contributed by atoms with van der Waals surface area (Å²) in [6, 6.07) is 4.63. The van der Waals surface area contributed by atoms with Gasteiger partial charge in [0.1, 0.15) is 0 Å². The van der Waals surface area contributed by atoms with Gasteiger partial charge in [-0.05, 0) is 68.3 Å². The summed E-state index contributed by atoms with van der Waals surface area (Å²) < 4.78 is 2.49. The normalized spacial score (nSPS) is 11.4. The summed E-state index contributed by atoms with van der Waals surface area (Å²) in [6.45, 7) is 4.55. The minimum Gasteiger partial charge on any atom is -0.126 e. The zero-order chi connectivity index (χ0) is 18.8. The molecule has 2 aromatic heterocycles. The lowest BCUT2D eigenvalue weighted by molar-refractivity contribution is 0.706. The molecule has 0 N–H and O–H groups in total. The fourth-order valence-electron chi connectivity index (χ4n) is 2.64. The summed E-state index contributed by atoms with van der Waals surface area (Å²) in [4.78, 5) is 5.79. The minimum atomic E-state index is 1.22. The summed E-state index contributed by atoms with van der Waals surface area (Å²) in [5, 5.41) is 0. The van der Waals surface area contributed by atoms with Gasteiger partial charge < -0.3 is 0 Å². The first-order valence-corrected chi connectivity index (χ1v) is 14.7. The topological polar surface area (TPSA) is 0 Å². The van der Waals surface area contributed by atoms with Crippen molar-refractivity contribution in [2.75, 3.05) is 11.5 Å². The smallest absolute Gasteiger partial charge is 0.0716 e. The van der Waals surface area contributed by atoms with Gasteiger partial charge in [-0.2, -0.15) is 0 Å². The number of halogens is 2. The minimum absolute atomic E-state index is 1.22. The number of hydrogen-bond donors (Lipinski definition) is 0. The van der Waals surface area contributed by atoms with E-state index in [2.05, 4.69) is 57.8 Å². The average molecular weight is 557 g/mol. The lowest BCUT2D eigenvalue weighted by Crippen LogP contribution is -1.83. The van der Waals surface area contributed by atoms with Gasteiger partial charge in [-0.1, -0.05) is 52.4 Å². The Labute approximate surface area is 192 Å². The second-order valence-electron chi connectivity index (χ2n) is 6.31. The fourth-order valence-corrected chi connectivity index (χ4v) is 8.98. The van der Waals surface area contributed by atoms with Crippen LogP contribution in [0.4, 0.5) is 0 Å². The molecule has 26 heavy (non-hydrogen) atoms. The van der Waals surface area contributed by atoms with E-state index in [1.807, 2.05) is 46.2 Å². The van der Waals surface area contributed by atoms with Gasteiger partial charge >= 0.3 is 0 Å². The summed E-state index contributed by atoms with van der Waals surface area (Å²) in [6.07, 6.45) is 10.7. The Hall–Kier alpha value is 1.06. The number of rotatable bonds is 13. The van der Waals surface area contributed by atoms with Crippen molar-refractivity contribution in [3.8, 4) is 9.75 Å². The Kier molecular flexibility index (Phi) is 12.0. The Morgan fingerprint density at radius 2 is 1.12 bits per heavy atom. The van der Waals surface area contributed by atoms with E-state index >= 15 is 0 Å². The van der Waals surface area contributed by atoms with Gasteiger partial charge in [-0.25, -0.2) is 0 Å². The first-order valence-electron chi connectivity index (χ1n) is 9.50. The van der Waals surface area contributed by atoms with Crippen molar-refractivity contribution in [1.82, 2.24) is 0 Å². The van der Waals surface area contributed by atoms with E-state index in [9.17, 15) is 0 Å². The van der Waals surface area contributed by atoms with Crippen molar-refractivity contribution < 1.29 is 0 Å². The lowest BCUT2D eigenvalue weighted by atomic mass is 10.2. The van der Waals surface area contributed by atoms with Gasteiger partial charge in [-0.15, -0.1) is 46.2 Å². The third-order valence-electron chi connectivity index (χ3n) is 4.05. The maximum Gasteiger partial charge on any atom is 0.0716 e. The zero-order valence-corrected chi connectivity index (χ0v) is 22.1. The van der Waals surface area contributed by atoms with Gasteiger partial charge in [0.05, 0.1) is 17.3 Å². The Morgan fingerprint density at radius 1 is 0.692 bits per heavy atom. The number of thiophene rings is 2. The molecule has 0 atom stereocenters. The molecule has 0 amide bonds. The van der Waals surface area contributed by atoms with Gasteiger partial charge in [0.2, 0.25) is 0 Å². The summed E-state index contributed by atoms with van der Waals surface area (Å²) in [5.41, 5.74) is 0. The van der Waals surface area contributed by atoms with E-state index < -0.39 is 0 Å². The van der Waals surface area contributed by atoms with Gasteiger partial charge in [0.15, 0.2) is 0 Å². The Bertz CT molecular complexity index is 592. The number of unbranched alkanes of at least 4 members (excludes halogenated alkanes) is 6. The molecule has 0 aliphatic heterocycles. The van der Waals surface area contributed by atoms with Crippen molar-refractivity contribution in [3.63, 3.8) is 0 Å². The van der Waals surface area contributed by atoms with Gasteiger partial charge in [0.25, 0.3) is 0 Å². The molecule has 2 aromatic rings. The van der Waals surface area contributed by atoms with Crippen molar-refractivity contribution in [2.24, 2.45) is 0 Å². The van der Waals surface area contributed by atoms with Crippen LogP contribution in [0.5, 0.6) is 0 Å². The molecule has 2 heterocycles. The van der Waals surface area contributed by atoms with Crippen molar-refractivity contribution >= 4 is 78.1 Å². The first-order chi connectivity index (χ1) is 12.7. The van der Waals surface area contributed by atoms with Gasteiger partial charge in [-0.3, -0.25) is 0 Å². The third-order valence-corrected chi connectivity index (χ3v) is 10.0. The monoisotopic (exact) mass is 554 g/mol. The van der Waals surface area contributed by atoms with E-state index in [4.69, 9.17) is 0 Å². The van der Waals surface area contributed by atoms with Crippen LogP contribution in [-0.2, 0) is 0 Å². The molecule has 0 saturated carbocycles. The molecule has 0 spiro atoms.